The second kappa shape index (κ2) is 3.28. The monoisotopic (exact) mass is 220 g/mol. The highest BCUT2D eigenvalue weighted by Gasteiger charge is 2.50. The molecule has 2 aliphatic heterocycles. The molecular weight excluding hydrogens is 208 g/mol. The first-order valence-electron chi connectivity index (χ1n) is 4.32. The van der Waals surface area contributed by atoms with Crippen LogP contribution in [0.25, 0.3) is 0 Å². The quantitative estimate of drug-likeness (QED) is 0.277. The largest absolute Gasteiger partial charge is 0.388 e. The molecule has 0 aliphatic carbocycles. The Labute approximate surface area is 85.8 Å². The molecule has 0 unspecified atom stereocenters. The molecule has 0 aromatic rings. The number of rotatable bonds is 0. The second-order valence-electron chi connectivity index (χ2n) is 3.55. The van der Waals surface area contributed by atoms with Crippen LogP contribution in [0.4, 0.5) is 0 Å². The normalized spacial score (nSPS) is 47.6. The maximum atomic E-state index is 9.59. The van der Waals surface area contributed by atoms with E-state index in [1.165, 1.54) is 4.90 Å². The zero-order chi connectivity index (χ0) is 10.5. The Balaban J connectivity index is 2.27. The summed E-state index contributed by atoms with van der Waals surface area (Å²) in [4.78, 5) is 1.32. The number of fused-ring (bicyclic) bond motifs is 1. The average molecular weight is 220 g/mol. The molecule has 80 valence electrons. The summed E-state index contributed by atoms with van der Waals surface area (Å²) in [5, 5.41) is 41.0. The molecule has 0 amide bonds. The van der Waals surface area contributed by atoms with Crippen LogP contribution < -0.4 is 5.32 Å². The van der Waals surface area contributed by atoms with E-state index < -0.39 is 30.6 Å². The Bertz CT molecular complexity index is 264. The van der Waals surface area contributed by atoms with E-state index in [-0.39, 0.29) is 5.11 Å². The van der Waals surface area contributed by atoms with Crippen molar-refractivity contribution in [3.05, 3.63) is 0 Å². The SMILES string of the molecule is O[C@@H]1[C@@H](O)[C@H](O)N2C(=S)NC[C@H]2[C@H]1O. The van der Waals surface area contributed by atoms with Gasteiger partial charge in [0.05, 0.1) is 6.04 Å². The summed E-state index contributed by atoms with van der Waals surface area (Å²) in [5.41, 5.74) is 0. The van der Waals surface area contributed by atoms with E-state index in [0.29, 0.717) is 6.54 Å². The zero-order valence-electron chi connectivity index (χ0n) is 7.24. The molecular formula is C7H12N2O4S. The molecule has 2 aliphatic rings. The van der Waals surface area contributed by atoms with Gasteiger partial charge in [-0.25, -0.2) is 0 Å². The predicted molar refractivity (Wildman–Crippen MR) is 50.3 cm³/mol. The maximum Gasteiger partial charge on any atom is 0.171 e. The standard InChI is InChI=1S/C7H12N2O4S/c10-3-2-1-8-7(14)9(2)6(13)5(12)4(3)11/h2-6,10-13H,1H2,(H,8,14)/t2-,3+,4-,5+,6-/m0/s1. The Hall–Kier alpha value is -0.470. The van der Waals surface area contributed by atoms with Gasteiger partial charge in [0.2, 0.25) is 0 Å². The van der Waals surface area contributed by atoms with Crippen molar-refractivity contribution in [1.82, 2.24) is 10.2 Å². The van der Waals surface area contributed by atoms with Gasteiger partial charge in [0.1, 0.15) is 18.3 Å². The molecule has 5 N–H and O–H groups in total. The third kappa shape index (κ3) is 1.21. The molecule has 0 radical (unpaired) electrons. The summed E-state index contributed by atoms with van der Waals surface area (Å²) in [5.74, 6) is 0. The van der Waals surface area contributed by atoms with E-state index >= 15 is 0 Å². The number of aliphatic hydroxyl groups is 4. The third-order valence-electron chi connectivity index (χ3n) is 2.74. The van der Waals surface area contributed by atoms with Crippen LogP contribution in [0.1, 0.15) is 0 Å². The van der Waals surface area contributed by atoms with Gasteiger partial charge in [0.25, 0.3) is 0 Å². The topological polar surface area (TPSA) is 96.2 Å². The molecule has 7 heteroatoms. The van der Waals surface area contributed by atoms with Gasteiger partial charge in [0.15, 0.2) is 11.3 Å². The van der Waals surface area contributed by atoms with Crippen LogP contribution in [0.3, 0.4) is 0 Å². The van der Waals surface area contributed by atoms with Gasteiger partial charge in [-0.15, -0.1) is 0 Å². The number of piperidine rings is 1. The Morgan fingerprint density at radius 3 is 2.43 bits per heavy atom. The van der Waals surface area contributed by atoms with E-state index in [1.54, 1.807) is 0 Å². The highest BCUT2D eigenvalue weighted by molar-refractivity contribution is 7.80. The highest BCUT2D eigenvalue weighted by Crippen LogP contribution is 2.25. The van der Waals surface area contributed by atoms with Gasteiger partial charge in [-0.3, -0.25) is 0 Å². The number of thiocarbonyl (C=S) groups is 1. The van der Waals surface area contributed by atoms with Crippen LogP contribution in [-0.4, -0.2) is 67.6 Å². The van der Waals surface area contributed by atoms with Crippen LogP contribution in [0.5, 0.6) is 0 Å². The van der Waals surface area contributed by atoms with E-state index in [4.69, 9.17) is 12.2 Å². The van der Waals surface area contributed by atoms with Crippen molar-refractivity contribution in [1.29, 1.82) is 0 Å². The van der Waals surface area contributed by atoms with Crippen LogP contribution in [0.15, 0.2) is 0 Å². The summed E-state index contributed by atoms with van der Waals surface area (Å²) in [6, 6.07) is -0.476. The smallest absolute Gasteiger partial charge is 0.171 e. The molecule has 0 bridgehead atoms. The molecule has 0 spiro atoms. The van der Waals surface area contributed by atoms with Crippen molar-refractivity contribution in [2.75, 3.05) is 6.54 Å². The molecule has 0 saturated carbocycles. The highest BCUT2D eigenvalue weighted by atomic mass is 32.1. The van der Waals surface area contributed by atoms with Crippen LogP contribution in [0, 0.1) is 0 Å². The summed E-state index contributed by atoms with van der Waals surface area (Å²) in [6.07, 6.45) is -5.12. The summed E-state index contributed by atoms with van der Waals surface area (Å²) >= 11 is 4.89. The molecule has 5 atom stereocenters. The maximum absolute atomic E-state index is 9.59. The van der Waals surface area contributed by atoms with Crippen molar-refractivity contribution in [2.45, 2.75) is 30.6 Å². The second-order valence-corrected chi connectivity index (χ2v) is 3.93. The molecule has 2 saturated heterocycles. The Morgan fingerprint density at radius 1 is 1.14 bits per heavy atom. The van der Waals surface area contributed by atoms with Crippen LogP contribution in [-0.2, 0) is 0 Å². The predicted octanol–water partition coefficient (Wildman–Crippen LogP) is -3.04. The molecule has 2 fully saturated rings. The minimum absolute atomic E-state index is 0.285. The van der Waals surface area contributed by atoms with Gasteiger partial charge < -0.3 is 30.6 Å². The summed E-state index contributed by atoms with van der Waals surface area (Å²) in [7, 11) is 0. The minimum Gasteiger partial charge on any atom is -0.388 e. The van der Waals surface area contributed by atoms with E-state index in [0.717, 1.165) is 0 Å². The number of nitrogens with one attached hydrogen (secondary N) is 1. The third-order valence-corrected chi connectivity index (χ3v) is 3.09. The zero-order valence-corrected chi connectivity index (χ0v) is 8.05. The number of hydrogen-bond acceptors (Lipinski definition) is 5. The Kier molecular flexibility index (Phi) is 2.36. The van der Waals surface area contributed by atoms with Crippen LogP contribution in [0.2, 0.25) is 0 Å². The summed E-state index contributed by atoms with van der Waals surface area (Å²) < 4.78 is 0. The van der Waals surface area contributed by atoms with E-state index in [9.17, 15) is 20.4 Å². The van der Waals surface area contributed by atoms with Crippen molar-refractivity contribution in [3.8, 4) is 0 Å². The lowest BCUT2D eigenvalue weighted by Crippen LogP contribution is -2.65. The molecule has 14 heavy (non-hydrogen) atoms. The van der Waals surface area contributed by atoms with E-state index in [1.807, 2.05) is 0 Å². The average Bonchev–Trinajstić information content (AvgIpc) is 2.54. The number of nitrogens with zero attached hydrogens (tertiary/aromatic N) is 1. The van der Waals surface area contributed by atoms with Crippen molar-refractivity contribution < 1.29 is 20.4 Å². The molecule has 2 rings (SSSR count). The van der Waals surface area contributed by atoms with Gasteiger partial charge in [-0.2, -0.15) is 0 Å². The molecule has 6 nitrogen and oxygen atoms in total. The summed E-state index contributed by atoms with van der Waals surface area (Å²) in [6.45, 7) is 0.362. The number of aliphatic hydroxyl groups excluding tert-OH is 4. The fourth-order valence-electron chi connectivity index (χ4n) is 1.90. The van der Waals surface area contributed by atoms with Crippen molar-refractivity contribution >= 4 is 17.3 Å². The molecule has 0 aromatic carbocycles. The fraction of sp³-hybridized carbons (Fsp3) is 0.857. The van der Waals surface area contributed by atoms with Gasteiger partial charge in [0, 0.05) is 6.54 Å². The van der Waals surface area contributed by atoms with Crippen LogP contribution >= 0.6 is 12.2 Å². The molecule has 0 aromatic heterocycles. The van der Waals surface area contributed by atoms with Gasteiger partial charge in [-0.1, -0.05) is 0 Å². The van der Waals surface area contributed by atoms with Crippen molar-refractivity contribution in [2.24, 2.45) is 0 Å². The van der Waals surface area contributed by atoms with Gasteiger partial charge in [-0.05, 0) is 12.2 Å². The first-order valence-corrected chi connectivity index (χ1v) is 4.73. The van der Waals surface area contributed by atoms with E-state index in [2.05, 4.69) is 5.32 Å². The minimum atomic E-state index is -1.40. The first-order chi connectivity index (χ1) is 6.54. The lowest BCUT2D eigenvalue weighted by atomic mass is 9.94. The van der Waals surface area contributed by atoms with Crippen molar-refractivity contribution in [3.63, 3.8) is 0 Å². The molecule has 2 heterocycles. The lowest BCUT2D eigenvalue weighted by Gasteiger charge is -2.43. The first kappa shape index (κ1) is 10.1. The lowest BCUT2D eigenvalue weighted by molar-refractivity contribution is -0.190. The number of hydrogen-bond donors (Lipinski definition) is 5. The Morgan fingerprint density at radius 2 is 1.79 bits per heavy atom. The van der Waals surface area contributed by atoms with Gasteiger partial charge >= 0.3 is 0 Å². The fourth-order valence-corrected chi connectivity index (χ4v) is 2.23.